The van der Waals surface area contributed by atoms with E-state index in [2.05, 4.69) is 29.4 Å². The second-order valence-electron chi connectivity index (χ2n) is 7.73. The van der Waals surface area contributed by atoms with Crippen LogP contribution < -0.4 is 15.5 Å². The fraction of sp³-hybridized carbons (Fsp3) is 0.571. The number of unbranched alkanes of at least 4 members (excludes halogenated alkanes) is 1. The lowest BCUT2D eigenvalue weighted by molar-refractivity contribution is -0.132. The number of hydrogen-bond donors (Lipinski definition) is 2. The van der Waals surface area contributed by atoms with E-state index >= 15 is 0 Å². The molecule has 0 saturated carbocycles. The third kappa shape index (κ3) is 7.48. The van der Waals surface area contributed by atoms with Gasteiger partial charge in [-0.25, -0.2) is 0 Å². The summed E-state index contributed by atoms with van der Waals surface area (Å²) in [6.07, 6.45) is 2.82. The number of benzene rings is 1. The highest BCUT2D eigenvalue weighted by molar-refractivity contribution is 7.80. The molecule has 6 nitrogen and oxygen atoms in total. The first-order chi connectivity index (χ1) is 13.8. The maximum Gasteiger partial charge on any atom is 0.226 e. The SMILES string of the molecule is CCCCC(=O)NC(=S)Nc1cc(Cl)ccc1N1CCN(C(=O)CC(C)C)CC1. The van der Waals surface area contributed by atoms with E-state index in [1.54, 1.807) is 6.07 Å². The molecule has 29 heavy (non-hydrogen) atoms. The van der Waals surface area contributed by atoms with Crippen LogP contribution in [-0.2, 0) is 9.59 Å². The van der Waals surface area contributed by atoms with Gasteiger partial charge in [-0.15, -0.1) is 0 Å². The molecule has 1 aromatic carbocycles. The van der Waals surface area contributed by atoms with E-state index in [1.165, 1.54) is 0 Å². The fourth-order valence-electron chi connectivity index (χ4n) is 3.24. The Balaban J connectivity index is 2.01. The quantitative estimate of drug-likeness (QED) is 0.629. The van der Waals surface area contributed by atoms with Gasteiger partial charge >= 0.3 is 0 Å². The molecule has 1 heterocycles. The van der Waals surface area contributed by atoms with E-state index in [0.29, 0.717) is 36.9 Å². The Labute approximate surface area is 184 Å². The molecule has 160 valence electrons. The summed E-state index contributed by atoms with van der Waals surface area (Å²) in [5, 5.41) is 6.68. The van der Waals surface area contributed by atoms with Crippen molar-refractivity contribution in [2.45, 2.75) is 46.5 Å². The standard InChI is InChI=1S/C21H31ClN4O2S/c1-4-5-6-19(27)24-21(29)23-17-14-16(22)7-8-18(17)25-9-11-26(12-10-25)20(28)13-15(2)3/h7-8,14-15H,4-6,9-13H2,1-3H3,(H2,23,24,27,29). The van der Waals surface area contributed by atoms with Gasteiger partial charge in [-0.1, -0.05) is 38.8 Å². The monoisotopic (exact) mass is 438 g/mol. The van der Waals surface area contributed by atoms with Crippen LogP contribution in [0, 0.1) is 5.92 Å². The number of carbonyl (C=O) groups is 2. The maximum atomic E-state index is 12.3. The van der Waals surface area contributed by atoms with Crippen LogP contribution in [0.2, 0.25) is 5.02 Å². The summed E-state index contributed by atoms with van der Waals surface area (Å²) in [7, 11) is 0. The molecule has 1 aromatic rings. The van der Waals surface area contributed by atoms with Gasteiger partial charge in [-0.2, -0.15) is 0 Å². The largest absolute Gasteiger partial charge is 0.366 e. The van der Waals surface area contributed by atoms with Crippen LogP contribution >= 0.6 is 23.8 Å². The predicted octanol–water partition coefficient (Wildman–Crippen LogP) is 4.04. The van der Waals surface area contributed by atoms with Crippen molar-refractivity contribution in [1.29, 1.82) is 0 Å². The minimum Gasteiger partial charge on any atom is -0.366 e. The molecule has 0 aromatic heterocycles. The molecule has 0 radical (unpaired) electrons. The highest BCUT2D eigenvalue weighted by Crippen LogP contribution is 2.30. The number of nitrogens with zero attached hydrogens (tertiary/aromatic N) is 2. The van der Waals surface area contributed by atoms with E-state index in [1.807, 2.05) is 24.0 Å². The van der Waals surface area contributed by atoms with Crippen molar-refractivity contribution < 1.29 is 9.59 Å². The molecule has 8 heteroatoms. The minimum absolute atomic E-state index is 0.0924. The van der Waals surface area contributed by atoms with Crippen LogP contribution in [0.4, 0.5) is 11.4 Å². The Morgan fingerprint density at radius 2 is 1.90 bits per heavy atom. The van der Waals surface area contributed by atoms with Crippen molar-refractivity contribution >= 4 is 52.1 Å². The van der Waals surface area contributed by atoms with Gasteiger partial charge in [0, 0.05) is 44.0 Å². The van der Waals surface area contributed by atoms with Gasteiger partial charge in [0.15, 0.2) is 5.11 Å². The fourth-order valence-corrected chi connectivity index (χ4v) is 3.64. The molecule has 0 unspecified atom stereocenters. The number of anilines is 2. The van der Waals surface area contributed by atoms with Crippen LogP contribution in [0.5, 0.6) is 0 Å². The Kier molecular flexibility index (Phi) is 9.17. The summed E-state index contributed by atoms with van der Waals surface area (Å²) in [5.74, 6) is 0.483. The van der Waals surface area contributed by atoms with E-state index in [4.69, 9.17) is 23.8 Å². The first-order valence-electron chi connectivity index (χ1n) is 10.2. The first kappa shape index (κ1) is 23.4. The zero-order valence-corrected chi connectivity index (χ0v) is 19.0. The molecule has 0 bridgehead atoms. The van der Waals surface area contributed by atoms with Crippen molar-refractivity contribution in [3.63, 3.8) is 0 Å². The van der Waals surface area contributed by atoms with Gasteiger partial charge in [0.25, 0.3) is 0 Å². The van der Waals surface area contributed by atoms with Crippen LogP contribution in [0.15, 0.2) is 18.2 Å². The van der Waals surface area contributed by atoms with Gasteiger partial charge in [-0.05, 0) is 42.8 Å². The molecule has 1 saturated heterocycles. The summed E-state index contributed by atoms with van der Waals surface area (Å²) < 4.78 is 0. The lowest BCUT2D eigenvalue weighted by Crippen LogP contribution is -2.49. The van der Waals surface area contributed by atoms with Crippen molar-refractivity contribution in [1.82, 2.24) is 10.2 Å². The molecular weight excluding hydrogens is 408 g/mol. The highest BCUT2D eigenvalue weighted by atomic mass is 35.5. The van der Waals surface area contributed by atoms with Crippen molar-refractivity contribution in [2.24, 2.45) is 5.92 Å². The average molecular weight is 439 g/mol. The normalized spacial score (nSPS) is 14.1. The molecule has 1 fully saturated rings. The molecule has 1 aliphatic rings. The van der Waals surface area contributed by atoms with Gasteiger partial charge in [-0.3, -0.25) is 9.59 Å². The highest BCUT2D eigenvalue weighted by Gasteiger charge is 2.23. The molecule has 0 atom stereocenters. The Bertz CT molecular complexity index is 733. The lowest BCUT2D eigenvalue weighted by Gasteiger charge is -2.37. The zero-order chi connectivity index (χ0) is 21.4. The van der Waals surface area contributed by atoms with Gasteiger partial charge in [0.2, 0.25) is 11.8 Å². The van der Waals surface area contributed by atoms with E-state index < -0.39 is 0 Å². The Morgan fingerprint density at radius 1 is 1.21 bits per heavy atom. The molecular formula is C21H31ClN4O2S. The van der Waals surface area contributed by atoms with E-state index in [9.17, 15) is 9.59 Å². The van der Waals surface area contributed by atoms with Crippen LogP contribution in [-0.4, -0.2) is 48.0 Å². The van der Waals surface area contributed by atoms with E-state index in [-0.39, 0.29) is 16.9 Å². The number of amides is 2. The zero-order valence-electron chi connectivity index (χ0n) is 17.5. The average Bonchev–Trinajstić information content (AvgIpc) is 2.66. The summed E-state index contributed by atoms with van der Waals surface area (Å²) in [5.41, 5.74) is 1.70. The van der Waals surface area contributed by atoms with Crippen molar-refractivity contribution in [2.75, 3.05) is 36.4 Å². The summed E-state index contributed by atoms with van der Waals surface area (Å²) >= 11 is 11.5. The lowest BCUT2D eigenvalue weighted by atomic mass is 10.1. The number of thiocarbonyl (C=S) groups is 1. The smallest absolute Gasteiger partial charge is 0.226 e. The number of rotatable bonds is 7. The maximum absolute atomic E-state index is 12.3. The van der Waals surface area contributed by atoms with Crippen LogP contribution in [0.1, 0.15) is 46.5 Å². The summed E-state index contributed by atoms with van der Waals surface area (Å²) in [6.45, 7) is 8.99. The number of hydrogen-bond acceptors (Lipinski definition) is 4. The Morgan fingerprint density at radius 3 is 2.52 bits per heavy atom. The topological polar surface area (TPSA) is 64.7 Å². The second kappa shape index (κ2) is 11.4. The predicted molar refractivity (Wildman–Crippen MR) is 124 cm³/mol. The first-order valence-corrected chi connectivity index (χ1v) is 11.0. The third-order valence-electron chi connectivity index (χ3n) is 4.77. The molecule has 0 spiro atoms. The second-order valence-corrected chi connectivity index (χ2v) is 8.58. The molecule has 2 N–H and O–H groups in total. The molecule has 1 aliphatic heterocycles. The molecule has 2 amide bonds. The molecule has 2 rings (SSSR count). The number of nitrogens with one attached hydrogen (secondary N) is 2. The van der Waals surface area contributed by atoms with Crippen LogP contribution in [0.3, 0.4) is 0 Å². The van der Waals surface area contributed by atoms with Crippen molar-refractivity contribution in [3.05, 3.63) is 23.2 Å². The Hall–Kier alpha value is -1.86. The van der Waals surface area contributed by atoms with Gasteiger partial charge in [0.05, 0.1) is 11.4 Å². The van der Waals surface area contributed by atoms with Crippen molar-refractivity contribution in [3.8, 4) is 0 Å². The minimum atomic E-state index is -0.0924. The summed E-state index contributed by atoms with van der Waals surface area (Å²) in [4.78, 5) is 28.4. The third-order valence-corrected chi connectivity index (χ3v) is 5.21. The van der Waals surface area contributed by atoms with Gasteiger partial charge in [0.1, 0.15) is 0 Å². The van der Waals surface area contributed by atoms with E-state index in [0.717, 1.165) is 37.3 Å². The van der Waals surface area contributed by atoms with Crippen LogP contribution in [0.25, 0.3) is 0 Å². The van der Waals surface area contributed by atoms with Gasteiger partial charge < -0.3 is 20.4 Å². The number of halogens is 1. The number of carbonyl (C=O) groups excluding carboxylic acids is 2. The number of piperazine rings is 1. The summed E-state index contributed by atoms with van der Waals surface area (Å²) in [6, 6.07) is 5.58. The molecule has 0 aliphatic carbocycles.